The van der Waals surface area contributed by atoms with Gasteiger partial charge in [0, 0.05) is 13.2 Å². The Kier molecular flexibility index (Phi) is 9.58. The Morgan fingerprint density at radius 2 is 1.48 bits per heavy atom. The third kappa shape index (κ3) is 8.27. The Morgan fingerprint density at radius 3 is 2.00 bits per heavy atom. The maximum atomic E-state index is 11.7. The summed E-state index contributed by atoms with van der Waals surface area (Å²) in [5.41, 5.74) is 0. The minimum absolute atomic E-state index is 0.0632. The fraction of sp³-hybridized carbons (Fsp3) is 0.562. The minimum Gasteiger partial charge on any atom is -0.494 e. The lowest BCUT2D eigenvalue weighted by Gasteiger charge is -2.17. The van der Waals surface area contributed by atoms with Crippen LogP contribution in [0.5, 0.6) is 11.5 Å². The van der Waals surface area contributed by atoms with Crippen LogP contribution in [-0.2, 0) is 9.47 Å². The van der Waals surface area contributed by atoms with E-state index in [1.807, 2.05) is 32.9 Å². The second kappa shape index (κ2) is 11.6. The predicted octanol–water partition coefficient (Wildman–Crippen LogP) is 2.12. The fourth-order valence-corrected chi connectivity index (χ4v) is 1.76. The van der Waals surface area contributed by atoms with Gasteiger partial charge < -0.3 is 29.6 Å². The van der Waals surface area contributed by atoms with Crippen LogP contribution in [0.2, 0.25) is 0 Å². The Labute approximate surface area is 137 Å². The van der Waals surface area contributed by atoms with Gasteiger partial charge in [-0.15, -0.1) is 0 Å². The zero-order chi connectivity index (χ0) is 16.9. The van der Waals surface area contributed by atoms with Crippen molar-refractivity contribution in [3.63, 3.8) is 0 Å². The van der Waals surface area contributed by atoms with Gasteiger partial charge in [-0.25, -0.2) is 4.79 Å². The van der Waals surface area contributed by atoms with Gasteiger partial charge in [0.15, 0.2) is 13.0 Å². The van der Waals surface area contributed by atoms with E-state index in [4.69, 9.17) is 18.9 Å². The molecule has 0 aliphatic rings. The average molecular weight is 326 g/mol. The number of nitrogens with one attached hydrogen (secondary N) is 2. The van der Waals surface area contributed by atoms with Crippen LogP contribution in [0.4, 0.5) is 4.79 Å². The number of rotatable bonds is 11. The zero-order valence-corrected chi connectivity index (χ0v) is 14.0. The first-order valence-corrected chi connectivity index (χ1v) is 7.80. The van der Waals surface area contributed by atoms with Crippen molar-refractivity contribution in [1.82, 2.24) is 10.6 Å². The first-order chi connectivity index (χ1) is 11.2. The van der Waals surface area contributed by atoms with E-state index in [1.165, 1.54) is 0 Å². The molecule has 130 valence electrons. The molecule has 0 heterocycles. The number of carbonyl (C=O) groups excluding carboxylic acids is 1. The van der Waals surface area contributed by atoms with Crippen molar-refractivity contribution < 1.29 is 23.7 Å². The monoisotopic (exact) mass is 326 g/mol. The van der Waals surface area contributed by atoms with Gasteiger partial charge in [0.05, 0.1) is 13.2 Å². The summed E-state index contributed by atoms with van der Waals surface area (Å²) in [5.74, 6) is 1.43. The number of benzene rings is 1. The highest BCUT2D eigenvalue weighted by Crippen LogP contribution is 2.17. The lowest BCUT2D eigenvalue weighted by atomic mass is 10.3. The molecule has 0 aromatic heterocycles. The number of amides is 2. The number of carbonyl (C=O) groups is 1. The van der Waals surface area contributed by atoms with Crippen molar-refractivity contribution in [3.05, 3.63) is 24.3 Å². The summed E-state index contributed by atoms with van der Waals surface area (Å²) in [6.07, 6.45) is -0.442. The molecule has 0 aliphatic heterocycles. The van der Waals surface area contributed by atoms with Gasteiger partial charge in [-0.05, 0) is 45.0 Å². The van der Waals surface area contributed by atoms with E-state index in [-0.39, 0.29) is 19.3 Å². The van der Waals surface area contributed by atoms with Crippen molar-refractivity contribution in [3.8, 4) is 11.5 Å². The van der Waals surface area contributed by atoms with Crippen LogP contribution in [0, 0.1) is 0 Å². The number of hydrogen-bond acceptors (Lipinski definition) is 5. The van der Waals surface area contributed by atoms with Gasteiger partial charge in [0.2, 0.25) is 0 Å². The summed E-state index contributed by atoms with van der Waals surface area (Å²) in [7, 11) is 0. The molecule has 0 unspecified atom stereocenters. The van der Waals surface area contributed by atoms with Gasteiger partial charge >= 0.3 is 6.03 Å². The molecule has 2 N–H and O–H groups in total. The number of hydrogen-bond donors (Lipinski definition) is 2. The molecule has 0 radical (unpaired) electrons. The highest BCUT2D eigenvalue weighted by Gasteiger charge is 2.09. The molecule has 1 rings (SSSR count). The second-order valence-corrected chi connectivity index (χ2v) is 4.42. The van der Waals surface area contributed by atoms with Crippen molar-refractivity contribution in [2.45, 2.75) is 27.1 Å². The van der Waals surface area contributed by atoms with Crippen LogP contribution in [0.3, 0.4) is 0 Å². The molecular formula is C16H26N2O5. The van der Waals surface area contributed by atoms with Gasteiger partial charge in [-0.3, -0.25) is 0 Å². The molecule has 1 aromatic rings. The van der Waals surface area contributed by atoms with E-state index in [1.54, 1.807) is 12.1 Å². The Balaban J connectivity index is 2.22. The molecule has 1 aromatic carbocycles. The summed E-state index contributed by atoms with van der Waals surface area (Å²) in [5, 5.41) is 5.26. The van der Waals surface area contributed by atoms with E-state index in [0.29, 0.717) is 25.6 Å². The molecule has 0 bridgehead atoms. The molecule has 0 spiro atoms. The molecule has 23 heavy (non-hydrogen) atoms. The summed E-state index contributed by atoms with van der Waals surface area (Å²) in [6, 6.07) is 6.84. The summed E-state index contributed by atoms with van der Waals surface area (Å²) >= 11 is 0. The lowest BCUT2D eigenvalue weighted by Crippen LogP contribution is -2.42. The van der Waals surface area contributed by atoms with Crippen molar-refractivity contribution in [1.29, 1.82) is 0 Å². The third-order valence-corrected chi connectivity index (χ3v) is 2.74. The molecule has 7 heteroatoms. The van der Waals surface area contributed by atoms with Crippen LogP contribution in [-0.4, -0.2) is 45.4 Å². The standard InChI is InChI=1S/C16H26N2O5/c1-4-20-13-7-9-14(10-8-13)23-12-18-16(19)17-11-15(21-5-2)22-6-3/h7-10,15H,4-6,11-12H2,1-3H3,(H2,17,18,19). The maximum absolute atomic E-state index is 11.7. The van der Waals surface area contributed by atoms with E-state index >= 15 is 0 Å². The zero-order valence-electron chi connectivity index (χ0n) is 14.0. The Bertz CT molecular complexity index is 433. The van der Waals surface area contributed by atoms with E-state index in [2.05, 4.69) is 10.6 Å². The van der Waals surface area contributed by atoms with Gasteiger partial charge in [0.25, 0.3) is 0 Å². The van der Waals surface area contributed by atoms with Gasteiger partial charge in [0.1, 0.15) is 11.5 Å². The highest BCUT2D eigenvalue weighted by molar-refractivity contribution is 5.73. The van der Waals surface area contributed by atoms with Crippen molar-refractivity contribution in [2.24, 2.45) is 0 Å². The molecule has 0 fully saturated rings. The maximum Gasteiger partial charge on any atom is 0.317 e. The molecule has 0 saturated carbocycles. The first-order valence-electron chi connectivity index (χ1n) is 7.80. The minimum atomic E-state index is -0.442. The Morgan fingerprint density at radius 1 is 0.913 bits per heavy atom. The molecule has 0 atom stereocenters. The van der Waals surface area contributed by atoms with Crippen molar-refractivity contribution in [2.75, 3.05) is 33.1 Å². The summed E-state index contributed by atoms with van der Waals surface area (Å²) in [6.45, 7) is 7.67. The number of urea groups is 1. The van der Waals surface area contributed by atoms with E-state index in [0.717, 1.165) is 5.75 Å². The first kappa shape index (κ1) is 19.1. The third-order valence-electron chi connectivity index (χ3n) is 2.74. The molecule has 7 nitrogen and oxygen atoms in total. The summed E-state index contributed by atoms with van der Waals surface area (Å²) < 4.78 is 21.4. The van der Waals surface area contributed by atoms with Crippen LogP contribution >= 0.6 is 0 Å². The normalized spacial score (nSPS) is 10.4. The van der Waals surface area contributed by atoms with Crippen molar-refractivity contribution >= 4 is 6.03 Å². The van der Waals surface area contributed by atoms with Crippen LogP contribution in [0.1, 0.15) is 20.8 Å². The Hall–Kier alpha value is -1.99. The quantitative estimate of drug-likeness (QED) is 0.609. The largest absolute Gasteiger partial charge is 0.494 e. The smallest absolute Gasteiger partial charge is 0.317 e. The molecule has 0 aliphatic carbocycles. The van der Waals surface area contributed by atoms with Gasteiger partial charge in [-0.1, -0.05) is 0 Å². The van der Waals surface area contributed by atoms with Crippen LogP contribution in [0.25, 0.3) is 0 Å². The summed E-state index contributed by atoms with van der Waals surface area (Å²) in [4.78, 5) is 11.7. The second-order valence-electron chi connectivity index (χ2n) is 4.42. The van der Waals surface area contributed by atoms with Crippen LogP contribution < -0.4 is 20.1 Å². The van der Waals surface area contributed by atoms with E-state index in [9.17, 15) is 4.79 Å². The topological polar surface area (TPSA) is 78.1 Å². The molecular weight excluding hydrogens is 300 g/mol. The molecule has 2 amide bonds. The average Bonchev–Trinajstić information content (AvgIpc) is 2.55. The van der Waals surface area contributed by atoms with Crippen LogP contribution in [0.15, 0.2) is 24.3 Å². The highest BCUT2D eigenvalue weighted by atomic mass is 16.7. The lowest BCUT2D eigenvalue weighted by molar-refractivity contribution is -0.131. The number of ether oxygens (including phenoxy) is 4. The molecule has 0 saturated heterocycles. The fourth-order valence-electron chi connectivity index (χ4n) is 1.76. The van der Waals surface area contributed by atoms with Gasteiger partial charge in [-0.2, -0.15) is 0 Å². The van der Waals surface area contributed by atoms with E-state index < -0.39 is 6.29 Å². The SMILES string of the molecule is CCOc1ccc(OCNC(=O)NCC(OCC)OCC)cc1. The predicted molar refractivity (Wildman–Crippen MR) is 86.7 cm³/mol.